The van der Waals surface area contributed by atoms with Gasteiger partial charge >= 0.3 is 5.97 Å². The van der Waals surface area contributed by atoms with Gasteiger partial charge in [-0.1, -0.05) is 15.9 Å². The van der Waals surface area contributed by atoms with E-state index >= 15 is 0 Å². The largest absolute Gasteiger partial charge is 0.480 e. The van der Waals surface area contributed by atoms with E-state index in [9.17, 15) is 14.7 Å². The fourth-order valence-corrected chi connectivity index (χ4v) is 2.82. The molecule has 0 spiro atoms. The summed E-state index contributed by atoms with van der Waals surface area (Å²) in [6.45, 7) is 3.26. The molecule has 0 aliphatic heterocycles. The number of aryl methyl sites for hydroxylation is 1. The third-order valence-corrected chi connectivity index (χ3v) is 4.23. The van der Waals surface area contributed by atoms with Crippen LogP contribution in [0.15, 0.2) is 27.6 Å². The van der Waals surface area contributed by atoms with E-state index in [2.05, 4.69) is 21.2 Å². The minimum absolute atomic E-state index is 0.0962. The van der Waals surface area contributed by atoms with E-state index in [0.29, 0.717) is 0 Å². The van der Waals surface area contributed by atoms with Crippen LogP contribution in [0.1, 0.15) is 12.5 Å². The summed E-state index contributed by atoms with van der Waals surface area (Å²) in [5, 5.41) is 20.4. The Bertz CT molecular complexity index is 507. The molecule has 0 saturated carbocycles. The van der Waals surface area contributed by atoms with Crippen LogP contribution < -0.4 is 5.32 Å². The summed E-state index contributed by atoms with van der Waals surface area (Å²) in [7, 11) is 0. The van der Waals surface area contributed by atoms with Gasteiger partial charge in [0.1, 0.15) is 0 Å². The lowest BCUT2D eigenvalue weighted by atomic mass is 10.2. The number of carboxylic acid groups (broad SMARTS) is 1. The predicted molar refractivity (Wildman–Crippen MR) is 80.9 cm³/mol. The quantitative estimate of drug-likeness (QED) is 0.672. The molecule has 1 rings (SSSR count). The molecular formula is C13H16BrNO4S. The second kappa shape index (κ2) is 7.66. The summed E-state index contributed by atoms with van der Waals surface area (Å²) in [4.78, 5) is 23.5. The Morgan fingerprint density at radius 3 is 2.60 bits per heavy atom. The average Bonchev–Trinajstić information content (AvgIpc) is 2.34. The van der Waals surface area contributed by atoms with Crippen LogP contribution in [0.2, 0.25) is 0 Å². The Labute approximate surface area is 129 Å². The molecule has 20 heavy (non-hydrogen) atoms. The van der Waals surface area contributed by atoms with Crippen molar-refractivity contribution in [2.75, 3.05) is 5.75 Å². The van der Waals surface area contributed by atoms with Crippen LogP contribution >= 0.6 is 27.7 Å². The van der Waals surface area contributed by atoms with Crippen molar-refractivity contribution >= 4 is 39.6 Å². The summed E-state index contributed by atoms with van der Waals surface area (Å²) in [5.74, 6) is -1.58. The molecule has 0 saturated heterocycles. The van der Waals surface area contributed by atoms with Gasteiger partial charge in [-0.05, 0) is 37.6 Å². The summed E-state index contributed by atoms with van der Waals surface area (Å²) in [5.41, 5.74) is 1.03. The van der Waals surface area contributed by atoms with Gasteiger partial charge in [-0.2, -0.15) is 0 Å². The van der Waals surface area contributed by atoms with E-state index in [1.807, 2.05) is 25.1 Å². The second-order valence-electron chi connectivity index (χ2n) is 4.32. The molecular weight excluding hydrogens is 346 g/mol. The summed E-state index contributed by atoms with van der Waals surface area (Å²) in [6, 6.07) is 4.42. The maximum atomic E-state index is 11.7. The lowest BCUT2D eigenvalue weighted by Gasteiger charge is -2.17. The van der Waals surface area contributed by atoms with Gasteiger partial charge in [0.2, 0.25) is 5.91 Å². The molecule has 1 aromatic carbocycles. The van der Waals surface area contributed by atoms with Crippen LogP contribution in [-0.2, 0) is 9.59 Å². The number of aliphatic carboxylic acids is 1. The van der Waals surface area contributed by atoms with Crippen molar-refractivity contribution in [2.45, 2.75) is 30.9 Å². The molecule has 0 aromatic heterocycles. The van der Waals surface area contributed by atoms with E-state index in [1.165, 1.54) is 18.7 Å². The first-order chi connectivity index (χ1) is 9.31. The van der Waals surface area contributed by atoms with Crippen molar-refractivity contribution in [1.29, 1.82) is 0 Å². The van der Waals surface area contributed by atoms with Gasteiger partial charge in [-0.3, -0.25) is 4.79 Å². The molecule has 110 valence electrons. The number of benzene rings is 1. The van der Waals surface area contributed by atoms with Crippen LogP contribution in [-0.4, -0.2) is 40.0 Å². The fourth-order valence-electron chi connectivity index (χ4n) is 1.52. The van der Waals surface area contributed by atoms with Crippen molar-refractivity contribution in [3.05, 3.63) is 28.2 Å². The number of carbonyl (C=O) groups excluding carboxylic acids is 1. The third-order valence-electron chi connectivity index (χ3n) is 2.56. The average molecular weight is 362 g/mol. The van der Waals surface area contributed by atoms with Gasteiger partial charge in [-0.25, -0.2) is 4.79 Å². The number of carbonyl (C=O) groups is 2. The van der Waals surface area contributed by atoms with E-state index in [0.717, 1.165) is 14.9 Å². The first kappa shape index (κ1) is 17.0. The van der Waals surface area contributed by atoms with Gasteiger partial charge in [-0.15, -0.1) is 11.8 Å². The third kappa shape index (κ3) is 5.15. The number of rotatable bonds is 6. The zero-order chi connectivity index (χ0) is 15.3. The van der Waals surface area contributed by atoms with E-state index in [4.69, 9.17) is 5.11 Å². The molecule has 0 bridgehead atoms. The smallest absolute Gasteiger partial charge is 0.328 e. The maximum Gasteiger partial charge on any atom is 0.328 e. The normalized spacial score (nSPS) is 13.6. The van der Waals surface area contributed by atoms with Crippen molar-refractivity contribution < 1.29 is 19.8 Å². The molecule has 0 aliphatic rings. The highest BCUT2D eigenvalue weighted by molar-refractivity contribution is 9.10. The molecule has 2 atom stereocenters. The van der Waals surface area contributed by atoms with Gasteiger partial charge in [0, 0.05) is 9.37 Å². The lowest BCUT2D eigenvalue weighted by molar-refractivity contribution is -0.144. The number of amides is 1. The Kier molecular flexibility index (Phi) is 6.51. The molecule has 3 N–H and O–H groups in total. The Morgan fingerprint density at radius 1 is 1.45 bits per heavy atom. The van der Waals surface area contributed by atoms with Crippen LogP contribution in [0.3, 0.4) is 0 Å². The number of nitrogens with one attached hydrogen (secondary N) is 1. The fraction of sp³-hybridized carbons (Fsp3) is 0.385. The van der Waals surface area contributed by atoms with Crippen molar-refractivity contribution in [1.82, 2.24) is 5.32 Å². The Balaban J connectivity index is 2.57. The number of carboxylic acids is 1. The highest BCUT2D eigenvalue weighted by Gasteiger charge is 2.24. The molecule has 5 nitrogen and oxygen atoms in total. The van der Waals surface area contributed by atoms with E-state index in [1.54, 1.807) is 0 Å². The predicted octanol–water partition coefficient (Wildman–Crippen LogP) is 1.80. The second-order valence-corrected chi connectivity index (χ2v) is 6.26. The highest BCUT2D eigenvalue weighted by atomic mass is 79.9. The van der Waals surface area contributed by atoms with Gasteiger partial charge in [0.15, 0.2) is 6.04 Å². The minimum atomic E-state index is -1.28. The monoisotopic (exact) mass is 361 g/mol. The molecule has 0 heterocycles. The van der Waals surface area contributed by atoms with E-state index in [-0.39, 0.29) is 5.75 Å². The molecule has 0 fully saturated rings. The number of aliphatic hydroxyl groups excluding tert-OH is 1. The zero-order valence-corrected chi connectivity index (χ0v) is 13.5. The minimum Gasteiger partial charge on any atom is -0.480 e. The van der Waals surface area contributed by atoms with Gasteiger partial charge in [0.05, 0.1) is 11.9 Å². The molecule has 0 radical (unpaired) electrons. The zero-order valence-electron chi connectivity index (χ0n) is 11.1. The molecule has 2 unspecified atom stereocenters. The van der Waals surface area contributed by atoms with Crippen molar-refractivity contribution in [3.8, 4) is 0 Å². The summed E-state index contributed by atoms with van der Waals surface area (Å²) >= 11 is 4.68. The molecule has 0 aliphatic carbocycles. The maximum absolute atomic E-state index is 11.7. The number of aliphatic hydroxyl groups is 1. The summed E-state index contributed by atoms with van der Waals surface area (Å²) in [6.07, 6.45) is -1.14. The van der Waals surface area contributed by atoms with Gasteiger partial charge in [0.25, 0.3) is 0 Å². The lowest BCUT2D eigenvalue weighted by Crippen LogP contribution is -2.48. The SMILES string of the molecule is Cc1cc(Br)ccc1SCC(=O)NC(C(=O)O)C(C)O. The van der Waals surface area contributed by atoms with Crippen LogP contribution in [0.4, 0.5) is 0 Å². The molecule has 7 heteroatoms. The first-order valence-corrected chi connectivity index (χ1v) is 7.68. The molecule has 1 amide bonds. The highest BCUT2D eigenvalue weighted by Crippen LogP contribution is 2.25. The van der Waals surface area contributed by atoms with E-state index < -0.39 is 24.0 Å². The molecule has 1 aromatic rings. The first-order valence-electron chi connectivity index (χ1n) is 5.90. The standard InChI is InChI=1S/C13H16BrNO4S/c1-7-5-9(14)3-4-10(7)20-6-11(17)15-12(8(2)16)13(18)19/h3-5,8,12,16H,6H2,1-2H3,(H,15,17)(H,18,19). The van der Waals surface area contributed by atoms with Crippen LogP contribution in [0.5, 0.6) is 0 Å². The van der Waals surface area contributed by atoms with Crippen LogP contribution in [0.25, 0.3) is 0 Å². The number of halogens is 1. The summed E-state index contributed by atoms with van der Waals surface area (Å²) < 4.78 is 0.962. The van der Waals surface area contributed by atoms with Crippen molar-refractivity contribution in [3.63, 3.8) is 0 Å². The number of hydrogen-bond acceptors (Lipinski definition) is 4. The Morgan fingerprint density at radius 2 is 2.10 bits per heavy atom. The topological polar surface area (TPSA) is 86.6 Å². The van der Waals surface area contributed by atoms with Crippen LogP contribution in [0, 0.1) is 6.92 Å². The Hall–Kier alpha value is -1.05. The van der Waals surface area contributed by atoms with Gasteiger partial charge < -0.3 is 15.5 Å². The van der Waals surface area contributed by atoms with Crippen molar-refractivity contribution in [2.24, 2.45) is 0 Å². The number of hydrogen-bond donors (Lipinski definition) is 3. The number of thioether (sulfide) groups is 1.